The molecule has 12 heavy (non-hydrogen) atoms. The molecule has 0 saturated heterocycles. The maximum absolute atomic E-state index is 5.95. The molecule has 1 aliphatic carbocycles. The minimum absolute atomic E-state index is 0.278. The van der Waals surface area contributed by atoms with Crippen molar-refractivity contribution in [2.45, 2.75) is 37.8 Å². The third-order valence-corrected chi connectivity index (χ3v) is 2.56. The molecule has 2 unspecified atom stereocenters. The zero-order valence-corrected chi connectivity index (χ0v) is 7.92. The van der Waals surface area contributed by atoms with E-state index in [-0.39, 0.29) is 6.04 Å². The van der Waals surface area contributed by atoms with Gasteiger partial charge in [-0.1, -0.05) is 0 Å². The SMILES string of the molecule is CNCC(N)CCC(N)C1CC1. The van der Waals surface area contributed by atoms with Gasteiger partial charge in [0.25, 0.3) is 0 Å². The first kappa shape index (κ1) is 9.96. The van der Waals surface area contributed by atoms with E-state index < -0.39 is 0 Å². The number of hydrogen-bond acceptors (Lipinski definition) is 3. The highest BCUT2D eigenvalue weighted by molar-refractivity contribution is 4.84. The molecule has 0 spiro atoms. The van der Waals surface area contributed by atoms with Gasteiger partial charge in [-0.2, -0.15) is 0 Å². The summed E-state index contributed by atoms with van der Waals surface area (Å²) in [5.41, 5.74) is 11.8. The largest absolute Gasteiger partial charge is 0.327 e. The van der Waals surface area contributed by atoms with E-state index in [2.05, 4.69) is 5.32 Å². The van der Waals surface area contributed by atoms with Crippen LogP contribution < -0.4 is 16.8 Å². The predicted octanol–water partition coefficient (Wildman–Crippen LogP) is 0.0506. The lowest BCUT2D eigenvalue weighted by Gasteiger charge is -2.14. The normalized spacial score (nSPS) is 22.2. The molecule has 5 N–H and O–H groups in total. The first-order valence-electron chi connectivity index (χ1n) is 4.89. The van der Waals surface area contributed by atoms with Crippen molar-refractivity contribution in [2.24, 2.45) is 17.4 Å². The zero-order valence-electron chi connectivity index (χ0n) is 7.92. The minimum atomic E-state index is 0.278. The molecule has 0 aromatic carbocycles. The van der Waals surface area contributed by atoms with Crippen molar-refractivity contribution < 1.29 is 0 Å². The fourth-order valence-electron chi connectivity index (χ4n) is 1.53. The summed E-state index contributed by atoms with van der Waals surface area (Å²) in [6.45, 7) is 0.900. The fourth-order valence-corrected chi connectivity index (χ4v) is 1.53. The molecule has 0 heterocycles. The Bertz CT molecular complexity index is 123. The molecule has 3 heteroatoms. The molecule has 1 rings (SSSR count). The Hall–Kier alpha value is -0.120. The molecule has 0 radical (unpaired) electrons. The smallest absolute Gasteiger partial charge is 0.0165 e. The van der Waals surface area contributed by atoms with Crippen LogP contribution in [0, 0.1) is 5.92 Å². The van der Waals surface area contributed by atoms with Crippen LogP contribution in [0.25, 0.3) is 0 Å². The van der Waals surface area contributed by atoms with Crippen LogP contribution in [0.1, 0.15) is 25.7 Å². The van der Waals surface area contributed by atoms with Crippen LogP contribution in [0.3, 0.4) is 0 Å². The minimum Gasteiger partial charge on any atom is -0.327 e. The van der Waals surface area contributed by atoms with E-state index in [1.165, 1.54) is 12.8 Å². The highest BCUT2D eigenvalue weighted by Crippen LogP contribution is 2.33. The Morgan fingerprint density at radius 1 is 1.33 bits per heavy atom. The third-order valence-electron chi connectivity index (χ3n) is 2.56. The Labute approximate surface area is 74.9 Å². The number of likely N-dealkylation sites (N-methyl/N-ethyl adjacent to an activating group) is 1. The molecule has 0 aromatic rings. The van der Waals surface area contributed by atoms with Gasteiger partial charge in [-0.15, -0.1) is 0 Å². The Morgan fingerprint density at radius 2 is 2.00 bits per heavy atom. The molecule has 0 aliphatic heterocycles. The predicted molar refractivity (Wildman–Crippen MR) is 51.8 cm³/mol. The van der Waals surface area contributed by atoms with Crippen LogP contribution in [0.4, 0.5) is 0 Å². The monoisotopic (exact) mass is 171 g/mol. The van der Waals surface area contributed by atoms with E-state index in [0.29, 0.717) is 6.04 Å². The summed E-state index contributed by atoms with van der Waals surface area (Å²) in [6.07, 6.45) is 4.82. The highest BCUT2D eigenvalue weighted by Gasteiger charge is 2.28. The highest BCUT2D eigenvalue weighted by atomic mass is 14.9. The first-order chi connectivity index (χ1) is 5.74. The Balaban J connectivity index is 1.99. The average molecular weight is 171 g/mol. The molecule has 0 amide bonds. The van der Waals surface area contributed by atoms with E-state index in [1.807, 2.05) is 7.05 Å². The lowest BCUT2D eigenvalue weighted by molar-refractivity contribution is 0.475. The number of nitrogens with two attached hydrogens (primary N) is 2. The molecule has 1 fully saturated rings. The van der Waals surface area contributed by atoms with Gasteiger partial charge in [-0.05, 0) is 38.6 Å². The summed E-state index contributed by atoms with van der Waals surface area (Å²) < 4.78 is 0. The average Bonchev–Trinajstić information content (AvgIpc) is 2.83. The topological polar surface area (TPSA) is 64.1 Å². The van der Waals surface area contributed by atoms with Crippen molar-refractivity contribution in [2.75, 3.05) is 13.6 Å². The first-order valence-corrected chi connectivity index (χ1v) is 4.89. The van der Waals surface area contributed by atoms with Crippen LogP contribution in [-0.2, 0) is 0 Å². The summed E-state index contributed by atoms with van der Waals surface area (Å²) >= 11 is 0. The van der Waals surface area contributed by atoms with E-state index >= 15 is 0 Å². The van der Waals surface area contributed by atoms with Crippen molar-refractivity contribution in [1.29, 1.82) is 0 Å². The van der Waals surface area contributed by atoms with Gasteiger partial charge in [-0.25, -0.2) is 0 Å². The van der Waals surface area contributed by atoms with Crippen LogP contribution in [-0.4, -0.2) is 25.7 Å². The van der Waals surface area contributed by atoms with Crippen LogP contribution >= 0.6 is 0 Å². The van der Waals surface area contributed by atoms with Gasteiger partial charge in [0.1, 0.15) is 0 Å². The number of rotatable bonds is 6. The Morgan fingerprint density at radius 3 is 2.50 bits per heavy atom. The Kier molecular flexibility index (Phi) is 3.98. The fraction of sp³-hybridized carbons (Fsp3) is 1.00. The maximum Gasteiger partial charge on any atom is 0.0165 e. The van der Waals surface area contributed by atoms with Crippen molar-refractivity contribution >= 4 is 0 Å². The second-order valence-corrected chi connectivity index (χ2v) is 3.90. The standard InChI is InChI=1S/C9H21N3/c1-12-6-8(10)4-5-9(11)7-2-3-7/h7-9,12H,2-6,10-11H2,1H3. The van der Waals surface area contributed by atoms with Crippen molar-refractivity contribution in [3.63, 3.8) is 0 Å². The molecule has 0 aromatic heterocycles. The van der Waals surface area contributed by atoms with E-state index in [4.69, 9.17) is 11.5 Å². The molecule has 0 bridgehead atoms. The summed E-state index contributed by atoms with van der Waals surface area (Å²) in [5.74, 6) is 0.812. The lowest BCUT2D eigenvalue weighted by atomic mass is 10.0. The van der Waals surface area contributed by atoms with E-state index in [1.54, 1.807) is 0 Å². The molecule has 3 nitrogen and oxygen atoms in total. The summed E-state index contributed by atoms with van der Waals surface area (Å²) in [6, 6.07) is 0.688. The van der Waals surface area contributed by atoms with Crippen molar-refractivity contribution in [1.82, 2.24) is 5.32 Å². The van der Waals surface area contributed by atoms with Gasteiger partial charge in [0, 0.05) is 18.6 Å². The lowest BCUT2D eigenvalue weighted by Crippen LogP contribution is -2.34. The third kappa shape index (κ3) is 3.52. The molecule has 72 valence electrons. The number of nitrogens with one attached hydrogen (secondary N) is 1. The van der Waals surface area contributed by atoms with Gasteiger partial charge in [0.05, 0.1) is 0 Å². The second-order valence-electron chi connectivity index (χ2n) is 3.90. The molecular formula is C9H21N3. The molecule has 1 aliphatic rings. The summed E-state index contributed by atoms with van der Waals surface area (Å²) in [4.78, 5) is 0. The molecule has 2 atom stereocenters. The van der Waals surface area contributed by atoms with Crippen LogP contribution in [0.15, 0.2) is 0 Å². The zero-order chi connectivity index (χ0) is 8.97. The van der Waals surface area contributed by atoms with Crippen molar-refractivity contribution in [3.8, 4) is 0 Å². The van der Waals surface area contributed by atoms with Crippen LogP contribution in [0.5, 0.6) is 0 Å². The second kappa shape index (κ2) is 4.80. The van der Waals surface area contributed by atoms with Gasteiger partial charge in [0.15, 0.2) is 0 Å². The van der Waals surface area contributed by atoms with E-state index in [9.17, 15) is 0 Å². The maximum atomic E-state index is 5.95. The summed E-state index contributed by atoms with van der Waals surface area (Å²) in [7, 11) is 1.93. The van der Waals surface area contributed by atoms with Crippen LogP contribution in [0.2, 0.25) is 0 Å². The van der Waals surface area contributed by atoms with Gasteiger partial charge in [-0.3, -0.25) is 0 Å². The quantitative estimate of drug-likeness (QED) is 0.529. The van der Waals surface area contributed by atoms with Gasteiger partial charge < -0.3 is 16.8 Å². The molecular weight excluding hydrogens is 150 g/mol. The van der Waals surface area contributed by atoms with Gasteiger partial charge in [0.2, 0.25) is 0 Å². The van der Waals surface area contributed by atoms with Crippen molar-refractivity contribution in [3.05, 3.63) is 0 Å². The van der Waals surface area contributed by atoms with E-state index in [0.717, 1.165) is 25.3 Å². The van der Waals surface area contributed by atoms with Gasteiger partial charge >= 0.3 is 0 Å². The molecule has 1 saturated carbocycles. The number of hydrogen-bond donors (Lipinski definition) is 3. The summed E-state index contributed by atoms with van der Waals surface area (Å²) in [5, 5.41) is 3.07.